The van der Waals surface area contributed by atoms with E-state index in [0.717, 1.165) is 32.7 Å². The molecule has 0 bridgehead atoms. The van der Waals surface area contributed by atoms with Crippen molar-refractivity contribution >= 4 is 79.5 Å². The first-order valence-corrected chi connectivity index (χ1v) is 12.5. The molecule has 4 rings (SSSR count). The van der Waals surface area contributed by atoms with E-state index in [1.807, 2.05) is 50.2 Å². The first-order valence-electron chi connectivity index (χ1n) is 9.71. The Morgan fingerprint density at radius 1 is 0.545 bits per heavy atom. The zero-order chi connectivity index (χ0) is 23.8. The van der Waals surface area contributed by atoms with Crippen LogP contribution in [0.25, 0.3) is 21.5 Å². The average Bonchev–Trinajstić information content (AvgIpc) is 2.68. The van der Waals surface area contributed by atoms with E-state index in [-0.39, 0.29) is 47.5 Å². The molecule has 0 amide bonds. The second-order valence-corrected chi connectivity index (χ2v) is 10.4. The number of fused-ring (bicyclic) bond motifs is 2. The van der Waals surface area contributed by atoms with Gasteiger partial charge in [-0.1, -0.05) is 59.7 Å². The number of benzene rings is 4. The van der Waals surface area contributed by atoms with E-state index in [4.69, 9.17) is 0 Å². The molecule has 0 aromatic heterocycles. The van der Waals surface area contributed by atoms with Crippen LogP contribution >= 0.6 is 0 Å². The molecule has 0 unspecified atom stereocenters. The van der Waals surface area contributed by atoms with Crippen molar-refractivity contribution in [3.8, 4) is 0 Å². The predicted octanol–water partition coefficient (Wildman–Crippen LogP) is 4.34. The smallest absolute Gasteiger partial charge is 0.744 e. The Hall–Kier alpha value is -1.52. The quantitative estimate of drug-likeness (QED) is 0.293. The third-order valence-corrected chi connectivity index (χ3v) is 7.29. The van der Waals surface area contributed by atoms with Gasteiger partial charge in [-0.05, 0) is 72.5 Å². The molecule has 0 saturated carbocycles. The summed E-state index contributed by atoms with van der Waals surface area (Å²) in [6.07, 6.45) is 0. The third kappa shape index (κ3) is 6.33. The molecule has 4 aromatic carbocycles. The molecule has 0 aliphatic heterocycles. The summed E-state index contributed by atoms with van der Waals surface area (Å²) in [6.45, 7) is 7.17. The molecule has 0 heterocycles. The number of hydrogen-bond donors (Lipinski definition) is 0. The van der Waals surface area contributed by atoms with Crippen LogP contribution in [-0.4, -0.2) is 63.7 Å². The Morgan fingerprint density at radius 3 is 1.15 bits per heavy atom. The van der Waals surface area contributed by atoms with Crippen LogP contribution in [-0.2, 0) is 20.2 Å². The molecule has 6 nitrogen and oxygen atoms in total. The minimum absolute atomic E-state index is 0. The van der Waals surface area contributed by atoms with E-state index in [2.05, 4.69) is 0 Å². The van der Waals surface area contributed by atoms with Gasteiger partial charge in [0.15, 0.2) is 0 Å². The molecule has 4 aromatic rings. The van der Waals surface area contributed by atoms with Crippen molar-refractivity contribution < 1.29 is 25.9 Å². The summed E-state index contributed by atoms with van der Waals surface area (Å²) >= 11 is 0. The molecule has 33 heavy (non-hydrogen) atoms. The Kier molecular flexibility index (Phi) is 8.73. The third-order valence-electron chi connectivity index (χ3n) is 5.33. The topological polar surface area (TPSA) is 114 Å². The fraction of sp³-hybridized carbons (Fsp3) is 0.167. The van der Waals surface area contributed by atoms with Crippen molar-refractivity contribution in [2.45, 2.75) is 37.5 Å². The van der Waals surface area contributed by atoms with Crippen LogP contribution in [0.15, 0.2) is 70.5 Å². The van der Waals surface area contributed by atoms with Crippen LogP contribution in [0, 0.1) is 27.7 Å². The van der Waals surface area contributed by atoms with Crippen LogP contribution < -0.4 is 0 Å². The van der Waals surface area contributed by atoms with Crippen molar-refractivity contribution in [3.05, 3.63) is 82.9 Å². The number of rotatable bonds is 2. The molecule has 0 fully saturated rings. The maximum Gasteiger partial charge on any atom is 2.00 e. The predicted molar refractivity (Wildman–Crippen MR) is 129 cm³/mol. The van der Waals surface area contributed by atoms with Gasteiger partial charge in [0.25, 0.3) is 0 Å². The first kappa shape index (κ1) is 27.7. The molecule has 0 aliphatic carbocycles. The number of hydrogen-bond acceptors (Lipinski definition) is 6. The molecule has 0 N–H and O–H groups in total. The molecular weight excluding hydrogens is 488 g/mol. The molecule has 0 saturated heterocycles. The Labute approximate surface area is 224 Å². The zero-order valence-corrected chi connectivity index (χ0v) is 22.6. The van der Waals surface area contributed by atoms with Gasteiger partial charge in [-0.3, -0.25) is 0 Å². The molecular formula is C24H22CaO6S2. The summed E-state index contributed by atoms with van der Waals surface area (Å²) < 4.78 is 66.2. The fourth-order valence-electron chi connectivity index (χ4n) is 3.67. The first-order chi connectivity index (χ1) is 14.8. The van der Waals surface area contributed by atoms with Crippen molar-refractivity contribution in [2.24, 2.45) is 0 Å². The van der Waals surface area contributed by atoms with Gasteiger partial charge < -0.3 is 9.11 Å². The van der Waals surface area contributed by atoms with E-state index in [0.29, 0.717) is 11.1 Å². The van der Waals surface area contributed by atoms with Crippen molar-refractivity contribution in [1.29, 1.82) is 0 Å². The van der Waals surface area contributed by atoms with Gasteiger partial charge in [-0.15, -0.1) is 0 Å². The van der Waals surface area contributed by atoms with E-state index in [1.165, 1.54) is 12.1 Å². The summed E-state index contributed by atoms with van der Waals surface area (Å²) in [4.78, 5) is -0.267. The van der Waals surface area contributed by atoms with Gasteiger partial charge in [0.1, 0.15) is 20.2 Å². The number of aryl methyl sites for hydroxylation is 4. The van der Waals surface area contributed by atoms with Gasteiger partial charge in [-0.2, -0.15) is 0 Å². The van der Waals surface area contributed by atoms with E-state index in [9.17, 15) is 25.9 Å². The summed E-state index contributed by atoms with van der Waals surface area (Å²) in [5, 5.41) is 3.51. The molecule has 0 atom stereocenters. The maximum atomic E-state index is 11.0. The van der Waals surface area contributed by atoms with Crippen LogP contribution in [0.5, 0.6) is 0 Å². The van der Waals surface area contributed by atoms with E-state index in [1.54, 1.807) is 26.0 Å². The molecule has 0 aliphatic rings. The summed E-state index contributed by atoms with van der Waals surface area (Å²) in [5.74, 6) is 0. The van der Waals surface area contributed by atoms with Gasteiger partial charge in [-0.25, -0.2) is 16.8 Å². The molecule has 168 valence electrons. The standard InChI is InChI=1S/2C12H12O3S.Ca/c2*1-8-3-4-10-5-6-12(16(13,14)15)9(2)11(10)7-8;/h2*3-7H,1-2H3,(H,13,14,15);/q;;+2/p-2. The summed E-state index contributed by atoms with van der Waals surface area (Å²) in [6, 6.07) is 17.6. The maximum absolute atomic E-state index is 11.0. The normalized spacial score (nSPS) is 11.6. The Morgan fingerprint density at radius 2 is 0.848 bits per heavy atom. The minimum Gasteiger partial charge on any atom is -0.744 e. The summed E-state index contributed by atoms with van der Waals surface area (Å²) in [7, 11) is -8.78. The average molecular weight is 511 g/mol. The van der Waals surface area contributed by atoms with Gasteiger partial charge in [0.2, 0.25) is 0 Å². The van der Waals surface area contributed by atoms with Crippen LogP contribution in [0.4, 0.5) is 0 Å². The monoisotopic (exact) mass is 510 g/mol. The van der Waals surface area contributed by atoms with Gasteiger partial charge in [0, 0.05) is 0 Å². The Balaban J connectivity index is 0.000000227. The van der Waals surface area contributed by atoms with Crippen molar-refractivity contribution in [2.75, 3.05) is 0 Å². The summed E-state index contributed by atoms with van der Waals surface area (Å²) in [5.41, 5.74) is 3.12. The second kappa shape index (κ2) is 10.4. The largest absolute Gasteiger partial charge is 2.00 e. The Bertz CT molecular complexity index is 1440. The second-order valence-electron chi connectivity index (χ2n) is 7.73. The van der Waals surface area contributed by atoms with Crippen molar-refractivity contribution in [3.63, 3.8) is 0 Å². The molecule has 9 heteroatoms. The van der Waals surface area contributed by atoms with Crippen molar-refractivity contribution in [1.82, 2.24) is 0 Å². The van der Waals surface area contributed by atoms with Crippen LogP contribution in [0.1, 0.15) is 22.3 Å². The molecule has 0 spiro atoms. The molecule has 0 radical (unpaired) electrons. The van der Waals surface area contributed by atoms with Gasteiger partial charge >= 0.3 is 37.7 Å². The SMILES string of the molecule is Cc1ccc2ccc(S(=O)(=O)[O-])c(C)c2c1.Cc1ccc2ccc(S(=O)(=O)[O-])c(C)c2c1.[Ca+2]. The van der Waals surface area contributed by atoms with Crippen LogP contribution in [0.2, 0.25) is 0 Å². The zero-order valence-electron chi connectivity index (χ0n) is 18.7. The fourth-order valence-corrected chi connectivity index (χ4v) is 5.11. The minimum atomic E-state index is -4.39. The van der Waals surface area contributed by atoms with E-state index < -0.39 is 20.2 Å². The van der Waals surface area contributed by atoms with Crippen LogP contribution in [0.3, 0.4) is 0 Å². The van der Waals surface area contributed by atoms with E-state index >= 15 is 0 Å². The van der Waals surface area contributed by atoms with Gasteiger partial charge in [0.05, 0.1) is 9.79 Å².